The predicted octanol–water partition coefficient (Wildman–Crippen LogP) is 12.2. The summed E-state index contributed by atoms with van der Waals surface area (Å²) in [5, 5.41) is 0. The fraction of sp³-hybridized carbons (Fsp3) is 0.674. The number of rotatable bonds is 8. The van der Waals surface area contributed by atoms with Crippen molar-refractivity contribution in [3.05, 3.63) is 75.4 Å². The highest BCUT2D eigenvalue weighted by Gasteiger charge is 2.46. The van der Waals surface area contributed by atoms with Gasteiger partial charge in [-0.3, -0.25) is 0 Å². The quantitative estimate of drug-likeness (QED) is 0.294. The summed E-state index contributed by atoms with van der Waals surface area (Å²) in [6.45, 7) is 16.9. The van der Waals surface area contributed by atoms with Crippen molar-refractivity contribution in [1.29, 1.82) is 0 Å². The molecular weight excluding hydrogens is 516 g/mol. The third-order valence-corrected chi connectivity index (χ3v) is 14.2. The van der Waals surface area contributed by atoms with Crippen molar-refractivity contribution in [2.45, 2.75) is 148 Å². The summed E-state index contributed by atoms with van der Waals surface area (Å²) in [7, 11) is 0. The normalized spacial score (nSPS) is 35.7. The van der Waals surface area contributed by atoms with Crippen molar-refractivity contribution < 1.29 is 0 Å². The molecule has 0 nitrogen and oxygen atoms in total. The molecule has 2 aromatic carbocycles. The Balaban J connectivity index is 1.25. The lowest BCUT2D eigenvalue weighted by Crippen LogP contribution is -2.19. The minimum Gasteiger partial charge on any atom is -0.0949 e. The minimum atomic E-state index is 0.556. The van der Waals surface area contributed by atoms with E-state index in [2.05, 4.69) is 58.9 Å². The van der Waals surface area contributed by atoms with Crippen LogP contribution in [0.4, 0.5) is 0 Å². The number of hydrogen-bond acceptors (Lipinski definition) is 0. The first-order valence-electron chi connectivity index (χ1n) is 18.7. The molecule has 6 aliphatic carbocycles. The number of allylic oxidation sites excluding steroid dienone is 1. The molecule has 6 bridgehead atoms. The van der Waals surface area contributed by atoms with Gasteiger partial charge in [0, 0.05) is 0 Å². The molecular formula is C43H58. The zero-order valence-corrected chi connectivity index (χ0v) is 28.1. The second kappa shape index (κ2) is 10.9. The van der Waals surface area contributed by atoms with Crippen molar-refractivity contribution in [3.63, 3.8) is 0 Å². The lowest BCUT2D eigenvalue weighted by atomic mass is 9.71. The molecule has 9 atom stereocenters. The Labute approximate surface area is 263 Å². The number of hydrogen-bond donors (Lipinski definition) is 0. The van der Waals surface area contributed by atoms with E-state index in [1.165, 1.54) is 93.7 Å². The first kappa shape index (κ1) is 28.6. The van der Waals surface area contributed by atoms with Gasteiger partial charge in [-0.2, -0.15) is 0 Å². The third-order valence-electron chi connectivity index (χ3n) is 14.2. The van der Waals surface area contributed by atoms with Crippen molar-refractivity contribution in [1.82, 2.24) is 0 Å². The Morgan fingerprint density at radius 3 is 1.44 bits per heavy atom. The SMILES string of the molecule is C=C(Cc1cc(C(C)C)c(C)c(C(C)C)c1)c1c(C2CC3CCC2C3)cc(C2CC3CCC2C3)cc1C1CC2CCC1C2. The smallest absolute Gasteiger partial charge is 0.00253 e. The lowest BCUT2D eigenvalue weighted by molar-refractivity contribution is 0.403. The average Bonchev–Trinajstić information content (AvgIpc) is 3.85. The largest absolute Gasteiger partial charge is 0.0949 e. The molecule has 6 saturated carbocycles. The Morgan fingerprint density at radius 2 is 1.07 bits per heavy atom. The van der Waals surface area contributed by atoms with Crippen molar-refractivity contribution in [2.75, 3.05) is 0 Å². The van der Waals surface area contributed by atoms with E-state index in [1.807, 2.05) is 0 Å². The summed E-state index contributed by atoms with van der Waals surface area (Å²) in [5.74, 6) is 9.24. The second-order valence-electron chi connectivity index (χ2n) is 17.4. The summed E-state index contributed by atoms with van der Waals surface area (Å²) in [5.41, 5.74) is 14.5. The summed E-state index contributed by atoms with van der Waals surface area (Å²) in [6, 6.07) is 10.7. The van der Waals surface area contributed by atoms with Crippen LogP contribution in [0.3, 0.4) is 0 Å². The number of benzene rings is 2. The van der Waals surface area contributed by atoms with Gasteiger partial charge < -0.3 is 0 Å². The molecule has 0 radical (unpaired) electrons. The van der Waals surface area contributed by atoms with Crippen LogP contribution in [-0.4, -0.2) is 0 Å². The van der Waals surface area contributed by atoms with Gasteiger partial charge in [-0.05, 0) is 186 Å². The minimum absolute atomic E-state index is 0.556. The molecule has 0 spiro atoms. The fourth-order valence-electron chi connectivity index (χ4n) is 12.3. The Bertz CT molecular complexity index is 1330. The van der Waals surface area contributed by atoms with E-state index in [0.29, 0.717) is 11.8 Å². The molecule has 230 valence electrons. The van der Waals surface area contributed by atoms with Crippen LogP contribution in [0.25, 0.3) is 5.57 Å². The van der Waals surface area contributed by atoms with E-state index in [0.717, 1.165) is 59.7 Å². The maximum Gasteiger partial charge on any atom is -0.00253 e. The molecule has 0 heteroatoms. The summed E-state index contributed by atoms with van der Waals surface area (Å²) >= 11 is 0. The molecule has 0 aromatic heterocycles. The molecule has 0 N–H and O–H groups in total. The van der Waals surface area contributed by atoms with E-state index >= 15 is 0 Å². The molecule has 0 heterocycles. The number of fused-ring (bicyclic) bond motifs is 6. The second-order valence-corrected chi connectivity index (χ2v) is 17.4. The monoisotopic (exact) mass is 574 g/mol. The fourth-order valence-corrected chi connectivity index (χ4v) is 12.3. The van der Waals surface area contributed by atoms with Crippen LogP contribution in [0.2, 0.25) is 0 Å². The Kier molecular flexibility index (Phi) is 7.27. The van der Waals surface area contributed by atoms with E-state index in [1.54, 1.807) is 33.4 Å². The third kappa shape index (κ3) is 4.91. The Morgan fingerprint density at radius 1 is 0.628 bits per heavy atom. The molecule has 8 rings (SSSR count). The van der Waals surface area contributed by atoms with Gasteiger partial charge in [0.25, 0.3) is 0 Å². The van der Waals surface area contributed by atoms with Gasteiger partial charge in [0.1, 0.15) is 0 Å². The zero-order chi connectivity index (χ0) is 29.6. The highest BCUT2D eigenvalue weighted by atomic mass is 14.5. The van der Waals surface area contributed by atoms with Crippen LogP contribution < -0.4 is 0 Å². The maximum atomic E-state index is 5.05. The lowest BCUT2D eigenvalue weighted by Gasteiger charge is -2.34. The van der Waals surface area contributed by atoms with Gasteiger partial charge in [-0.1, -0.05) is 77.8 Å². The van der Waals surface area contributed by atoms with Crippen molar-refractivity contribution in [3.8, 4) is 0 Å². The van der Waals surface area contributed by atoms with Gasteiger partial charge in [0.2, 0.25) is 0 Å². The first-order chi connectivity index (χ1) is 20.7. The van der Waals surface area contributed by atoms with Crippen LogP contribution in [-0.2, 0) is 6.42 Å². The van der Waals surface area contributed by atoms with E-state index < -0.39 is 0 Å². The molecule has 0 aliphatic heterocycles. The molecule has 6 aliphatic rings. The van der Waals surface area contributed by atoms with Crippen LogP contribution in [0, 0.1) is 42.4 Å². The van der Waals surface area contributed by atoms with E-state index in [4.69, 9.17) is 6.58 Å². The van der Waals surface area contributed by atoms with Crippen molar-refractivity contribution >= 4 is 5.57 Å². The van der Waals surface area contributed by atoms with Gasteiger partial charge in [-0.15, -0.1) is 0 Å². The van der Waals surface area contributed by atoms with Crippen LogP contribution in [0.15, 0.2) is 30.8 Å². The molecule has 0 amide bonds. The first-order valence-corrected chi connectivity index (χ1v) is 18.7. The van der Waals surface area contributed by atoms with Crippen molar-refractivity contribution in [2.24, 2.45) is 35.5 Å². The summed E-state index contributed by atoms with van der Waals surface area (Å²) < 4.78 is 0. The van der Waals surface area contributed by atoms with Gasteiger partial charge in [-0.25, -0.2) is 0 Å². The zero-order valence-electron chi connectivity index (χ0n) is 28.1. The van der Waals surface area contributed by atoms with Crippen LogP contribution in [0.1, 0.15) is 179 Å². The summed E-state index contributed by atoms with van der Waals surface area (Å²) in [4.78, 5) is 0. The molecule has 43 heavy (non-hydrogen) atoms. The molecule has 2 aromatic rings. The van der Waals surface area contributed by atoms with E-state index in [9.17, 15) is 0 Å². The van der Waals surface area contributed by atoms with Crippen LogP contribution >= 0.6 is 0 Å². The summed E-state index contributed by atoms with van der Waals surface area (Å²) in [6.07, 6.45) is 18.8. The Hall–Kier alpha value is -1.82. The highest BCUT2D eigenvalue weighted by Crippen LogP contribution is 2.60. The van der Waals surface area contributed by atoms with E-state index in [-0.39, 0.29) is 0 Å². The predicted molar refractivity (Wildman–Crippen MR) is 183 cm³/mol. The average molecular weight is 575 g/mol. The van der Waals surface area contributed by atoms with Crippen LogP contribution in [0.5, 0.6) is 0 Å². The maximum absolute atomic E-state index is 5.05. The van der Waals surface area contributed by atoms with Gasteiger partial charge >= 0.3 is 0 Å². The topological polar surface area (TPSA) is 0 Å². The van der Waals surface area contributed by atoms with Gasteiger partial charge in [0.05, 0.1) is 0 Å². The molecule has 0 saturated heterocycles. The van der Waals surface area contributed by atoms with Gasteiger partial charge in [0.15, 0.2) is 0 Å². The molecule has 6 fully saturated rings. The highest BCUT2D eigenvalue weighted by molar-refractivity contribution is 5.74. The molecule has 9 unspecified atom stereocenters. The standard InChI is InChI=1S/C43H58/c1-24(2)36-20-31(21-37(25(3)4)27(36)6)13-26(5)43-41(39-18-29-8-11-33(39)15-29)22-35(38-17-28-7-10-32(38)14-28)23-42(43)40-19-30-9-12-34(40)16-30/h20-25,28-30,32-34,38-40H,5,7-19H2,1-4,6H3.